The summed E-state index contributed by atoms with van der Waals surface area (Å²) in [7, 11) is 1.75. The van der Waals surface area contributed by atoms with E-state index >= 15 is 0 Å². The van der Waals surface area contributed by atoms with Crippen LogP contribution in [0, 0.1) is 0 Å². The van der Waals surface area contributed by atoms with Gasteiger partial charge in [0.05, 0.1) is 17.8 Å². The molecule has 0 spiro atoms. The number of amides is 1. The number of hydrogen-bond acceptors (Lipinski definition) is 7. The summed E-state index contributed by atoms with van der Waals surface area (Å²) in [6.07, 6.45) is 7.76. The second-order valence-electron chi connectivity index (χ2n) is 6.98. The Bertz CT molecular complexity index is 604. The molecule has 1 aromatic heterocycles. The Morgan fingerprint density at radius 3 is 2.52 bits per heavy atom. The normalized spacial score (nSPS) is 29.4. The van der Waals surface area contributed by atoms with Crippen molar-refractivity contribution < 1.29 is 14.6 Å². The van der Waals surface area contributed by atoms with Crippen molar-refractivity contribution in [3.63, 3.8) is 0 Å². The molecule has 0 bridgehead atoms. The number of nitrogens with zero attached hydrogens (tertiary/aromatic N) is 2. The van der Waals surface area contributed by atoms with Crippen LogP contribution in [0.15, 0.2) is 6.20 Å². The number of rotatable bonds is 6. The molecule has 2 saturated carbocycles. The number of ether oxygens (including phenoxy) is 1. The molecule has 8 heteroatoms. The smallest absolute Gasteiger partial charge is 0.254 e. The number of primary amides is 1. The fourth-order valence-electron chi connectivity index (χ4n) is 3.65. The van der Waals surface area contributed by atoms with E-state index in [9.17, 15) is 9.90 Å². The quantitative estimate of drug-likeness (QED) is 0.610. The predicted octanol–water partition coefficient (Wildman–Crippen LogP) is 1.27. The zero-order valence-electron chi connectivity index (χ0n) is 14.6. The van der Waals surface area contributed by atoms with Gasteiger partial charge in [0.2, 0.25) is 5.95 Å². The van der Waals surface area contributed by atoms with Crippen LogP contribution < -0.4 is 16.4 Å². The topological polar surface area (TPSA) is 122 Å². The first-order chi connectivity index (χ1) is 12.0. The van der Waals surface area contributed by atoms with Crippen molar-refractivity contribution in [2.24, 2.45) is 5.73 Å². The number of nitrogens with one attached hydrogen (secondary N) is 2. The summed E-state index contributed by atoms with van der Waals surface area (Å²) >= 11 is 0. The summed E-state index contributed by atoms with van der Waals surface area (Å²) in [6, 6.07) is 0.389. The third-order valence-electron chi connectivity index (χ3n) is 5.14. The molecule has 5 N–H and O–H groups in total. The predicted molar refractivity (Wildman–Crippen MR) is 94.5 cm³/mol. The largest absolute Gasteiger partial charge is 0.393 e. The van der Waals surface area contributed by atoms with Crippen LogP contribution in [0.2, 0.25) is 0 Å². The van der Waals surface area contributed by atoms with E-state index in [1.54, 1.807) is 7.11 Å². The highest BCUT2D eigenvalue weighted by Gasteiger charge is 2.25. The SMILES string of the molecule is CO[C@H]1CC[C@H](Nc2ncc(C(N)=O)c(NC3CC[C@@H](O)C3)n2)CC1. The summed E-state index contributed by atoms with van der Waals surface area (Å²) in [5.74, 6) is 0.370. The Hall–Kier alpha value is -1.93. The van der Waals surface area contributed by atoms with Gasteiger partial charge in [-0.2, -0.15) is 4.98 Å². The minimum Gasteiger partial charge on any atom is -0.393 e. The van der Waals surface area contributed by atoms with E-state index in [2.05, 4.69) is 20.6 Å². The molecule has 1 aromatic rings. The number of nitrogens with two attached hydrogens (primary N) is 1. The van der Waals surface area contributed by atoms with Gasteiger partial charge in [0, 0.05) is 25.4 Å². The average Bonchev–Trinajstić information content (AvgIpc) is 3.00. The summed E-state index contributed by atoms with van der Waals surface area (Å²) in [5, 5.41) is 16.3. The van der Waals surface area contributed by atoms with E-state index in [1.807, 2.05) is 0 Å². The first-order valence-corrected chi connectivity index (χ1v) is 8.96. The third kappa shape index (κ3) is 4.58. The number of aliphatic hydroxyl groups excluding tert-OH is 1. The van der Waals surface area contributed by atoms with Crippen molar-refractivity contribution in [3.05, 3.63) is 11.8 Å². The molecule has 2 aliphatic carbocycles. The van der Waals surface area contributed by atoms with Crippen molar-refractivity contribution in [1.29, 1.82) is 0 Å². The zero-order chi connectivity index (χ0) is 17.8. The maximum absolute atomic E-state index is 11.6. The fraction of sp³-hybridized carbons (Fsp3) is 0.706. The molecule has 0 saturated heterocycles. The Balaban J connectivity index is 1.68. The number of anilines is 2. The molecule has 2 fully saturated rings. The van der Waals surface area contributed by atoms with Crippen molar-refractivity contribution >= 4 is 17.7 Å². The van der Waals surface area contributed by atoms with Crippen LogP contribution in [0.1, 0.15) is 55.3 Å². The summed E-state index contributed by atoms with van der Waals surface area (Å²) in [6.45, 7) is 0. The molecule has 0 aliphatic heterocycles. The third-order valence-corrected chi connectivity index (χ3v) is 5.14. The van der Waals surface area contributed by atoms with Crippen molar-refractivity contribution in [2.75, 3.05) is 17.7 Å². The lowest BCUT2D eigenvalue weighted by Gasteiger charge is -2.28. The second kappa shape index (κ2) is 7.97. The number of methoxy groups -OCH3 is 1. The minimum absolute atomic E-state index is 0.0907. The van der Waals surface area contributed by atoms with Gasteiger partial charge in [-0.3, -0.25) is 4.79 Å². The number of aliphatic hydroxyl groups is 1. The summed E-state index contributed by atoms with van der Waals surface area (Å²) in [5.41, 5.74) is 5.71. The van der Waals surface area contributed by atoms with Gasteiger partial charge in [-0.25, -0.2) is 4.98 Å². The monoisotopic (exact) mass is 349 g/mol. The van der Waals surface area contributed by atoms with E-state index in [-0.39, 0.29) is 17.7 Å². The Morgan fingerprint density at radius 1 is 1.20 bits per heavy atom. The molecule has 2 atom stereocenters. The molecule has 1 heterocycles. The van der Waals surface area contributed by atoms with Crippen LogP contribution >= 0.6 is 0 Å². The zero-order valence-corrected chi connectivity index (χ0v) is 14.6. The van der Waals surface area contributed by atoms with Crippen LogP contribution in [-0.2, 0) is 4.74 Å². The average molecular weight is 349 g/mol. The molecular formula is C17H27N5O3. The molecule has 25 heavy (non-hydrogen) atoms. The summed E-state index contributed by atoms with van der Waals surface area (Å²) < 4.78 is 5.39. The molecule has 3 rings (SSSR count). The molecule has 138 valence electrons. The van der Waals surface area contributed by atoms with Crippen LogP contribution in [0.5, 0.6) is 0 Å². The number of carbonyl (C=O) groups excluding carboxylic acids is 1. The summed E-state index contributed by atoms with van der Waals surface area (Å²) in [4.78, 5) is 20.4. The minimum atomic E-state index is -0.562. The highest BCUT2D eigenvalue weighted by Crippen LogP contribution is 2.26. The van der Waals surface area contributed by atoms with E-state index in [4.69, 9.17) is 10.5 Å². The van der Waals surface area contributed by atoms with Gasteiger partial charge in [-0.1, -0.05) is 0 Å². The lowest BCUT2D eigenvalue weighted by molar-refractivity contribution is 0.0681. The second-order valence-corrected chi connectivity index (χ2v) is 6.98. The Labute approximate surface area is 147 Å². The number of hydrogen-bond donors (Lipinski definition) is 4. The van der Waals surface area contributed by atoms with Gasteiger partial charge in [0.1, 0.15) is 5.82 Å². The van der Waals surface area contributed by atoms with Gasteiger partial charge in [0.15, 0.2) is 0 Å². The standard InChI is InChI=1S/C17H27N5O3/c1-25-13-6-3-10(4-7-13)21-17-19-9-14(15(18)24)16(22-17)20-11-2-5-12(23)8-11/h9-13,23H,2-8H2,1H3,(H2,18,24)(H2,19,20,21,22)/t10-,11?,12-,13-/m1/s1. The van der Waals surface area contributed by atoms with Gasteiger partial charge in [0.25, 0.3) is 5.91 Å². The van der Waals surface area contributed by atoms with Gasteiger partial charge in [-0.05, 0) is 44.9 Å². The molecule has 1 unspecified atom stereocenters. The number of carbonyl (C=O) groups is 1. The molecule has 0 aromatic carbocycles. The highest BCUT2D eigenvalue weighted by atomic mass is 16.5. The van der Waals surface area contributed by atoms with Crippen LogP contribution in [0.3, 0.4) is 0 Å². The molecule has 8 nitrogen and oxygen atoms in total. The molecule has 2 aliphatic rings. The Kier molecular flexibility index (Phi) is 5.70. The van der Waals surface area contributed by atoms with Crippen molar-refractivity contribution in [1.82, 2.24) is 9.97 Å². The van der Waals surface area contributed by atoms with Crippen molar-refractivity contribution in [2.45, 2.75) is 69.2 Å². The fourth-order valence-corrected chi connectivity index (χ4v) is 3.65. The van der Waals surface area contributed by atoms with E-state index < -0.39 is 5.91 Å². The van der Waals surface area contributed by atoms with Gasteiger partial charge < -0.3 is 26.2 Å². The van der Waals surface area contributed by atoms with Gasteiger partial charge >= 0.3 is 0 Å². The molecule has 0 radical (unpaired) electrons. The maximum Gasteiger partial charge on any atom is 0.254 e. The Morgan fingerprint density at radius 2 is 1.92 bits per heavy atom. The van der Waals surface area contributed by atoms with Crippen LogP contribution in [-0.4, -0.2) is 52.4 Å². The highest BCUT2D eigenvalue weighted by molar-refractivity contribution is 5.97. The lowest BCUT2D eigenvalue weighted by atomic mass is 9.93. The van der Waals surface area contributed by atoms with E-state index in [1.165, 1.54) is 6.20 Å². The van der Waals surface area contributed by atoms with E-state index in [0.29, 0.717) is 30.3 Å². The first-order valence-electron chi connectivity index (χ1n) is 8.96. The number of aromatic nitrogens is 2. The van der Waals surface area contributed by atoms with E-state index in [0.717, 1.165) is 38.5 Å². The molecular weight excluding hydrogens is 322 g/mol. The van der Waals surface area contributed by atoms with Crippen molar-refractivity contribution in [3.8, 4) is 0 Å². The molecule has 1 amide bonds. The first kappa shape index (κ1) is 17.9. The lowest BCUT2D eigenvalue weighted by Crippen LogP contribution is -2.30. The van der Waals surface area contributed by atoms with Crippen LogP contribution in [0.4, 0.5) is 11.8 Å². The van der Waals surface area contributed by atoms with Gasteiger partial charge in [-0.15, -0.1) is 0 Å². The van der Waals surface area contributed by atoms with Crippen LogP contribution in [0.25, 0.3) is 0 Å². The maximum atomic E-state index is 11.6.